The second kappa shape index (κ2) is 6.02. The van der Waals surface area contributed by atoms with Gasteiger partial charge in [-0.1, -0.05) is 18.2 Å². The minimum atomic E-state index is -0.187. The molecule has 102 valence electrons. The van der Waals surface area contributed by atoms with E-state index in [1.165, 1.54) is 6.08 Å². The first-order valence-corrected chi connectivity index (χ1v) is 6.21. The van der Waals surface area contributed by atoms with Gasteiger partial charge in [0.15, 0.2) is 5.76 Å². The van der Waals surface area contributed by atoms with Crippen molar-refractivity contribution in [3.05, 3.63) is 65.1 Å². The summed E-state index contributed by atoms with van der Waals surface area (Å²) in [6, 6.07) is 10.4. The van der Waals surface area contributed by atoms with Crippen LogP contribution in [0.4, 0.5) is 0 Å². The third kappa shape index (κ3) is 3.23. The Bertz CT molecular complexity index is 651. The molecular weight excluding hydrogens is 254 g/mol. The van der Waals surface area contributed by atoms with Crippen molar-refractivity contribution in [3.8, 4) is 0 Å². The molecule has 0 aliphatic carbocycles. The molecule has 20 heavy (non-hydrogen) atoms. The Labute approximate surface area is 117 Å². The molecule has 1 aromatic heterocycles. The summed E-state index contributed by atoms with van der Waals surface area (Å²) in [6.45, 7) is 1.79. The largest absolute Gasteiger partial charge is 0.458 e. The zero-order valence-corrected chi connectivity index (χ0v) is 11.3. The summed E-state index contributed by atoms with van der Waals surface area (Å²) in [5, 5.41) is 2.55. The number of hydrogen-bond acceptors (Lipinski definition) is 3. The van der Waals surface area contributed by atoms with Crippen molar-refractivity contribution in [2.24, 2.45) is 0 Å². The number of carbonyl (C=O) groups excluding carboxylic acids is 2. The molecule has 0 bridgehead atoms. The van der Waals surface area contributed by atoms with E-state index in [1.54, 1.807) is 56.4 Å². The number of hydrogen-bond donors (Lipinski definition) is 1. The first-order valence-electron chi connectivity index (χ1n) is 6.21. The highest BCUT2D eigenvalue weighted by molar-refractivity contribution is 6.05. The van der Waals surface area contributed by atoms with Gasteiger partial charge in [0, 0.05) is 12.6 Å². The van der Waals surface area contributed by atoms with Crippen molar-refractivity contribution in [1.82, 2.24) is 5.32 Å². The van der Waals surface area contributed by atoms with Crippen LogP contribution in [0, 0.1) is 6.92 Å². The van der Waals surface area contributed by atoms with Gasteiger partial charge in [-0.15, -0.1) is 0 Å². The number of ketones is 1. The summed E-state index contributed by atoms with van der Waals surface area (Å²) in [7, 11) is 1.58. The van der Waals surface area contributed by atoms with Crippen LogP contribution >= 0.6 is 0 Å². The van der Waals surface area contributed by atoms with Gasteiger partial charge in [-0.2, -0.15) is 0 Å². The van der Waals surface area contributed by atoms with E-state index in [0.717, 1.165) is 5.56 Å². The van der Waals surface area contributed by atoms with Gasteiger partial charge in [-0.3, -0.25) is 9.59 Å². The van der Waals surface area contributed by atoms with Crippen molar-refractivity contribution in [2.45, 2.75) is 6.92 Å². The van der Waals surface area contributed by atoms with Crippen LogP contribution in [0.1, 0.15) is 32.2 Å². The van der Waals surface area contributed by atoms with Crippen LogP contribution < -0.4 is 5.32 Å². The third-order valence-electron chi connectivity index (χ3n) is 2.81. The Morgan fingerprint density at radius 2 is 1.80 bits per heavy atom. The molecule has 1 aromatic carbocycles. The zero-order chi connectivity index (χ0) is 14.5. The number of amides is 1. The first-order chi connectivity index (χ1) is 9.60. The normalized spacial score (nSPS) is 10.7. The Hall–Kier alpha value is -2.62. The van der Waals surface area contributed by atoms with Gasteiger partial charge in [0.1, 0.15) is 5.76 Å². The Morgan fingerprint density at radius 3 is 2.35 bits per heavy atom. The van der Waals surface area contributed by atoms with Gasteiger partial charge in [0.2, 0.25) is 5.78 Å². The molecule has 0 saturated carbocycles. The van der Waals surface area contributed by atoms with Gasteiger partial charge in [0.25, 0.3) is 5.91 Å². The van der Waals surface area contributed by atoms with Crippen LogP contribution in [0.2, 0.25) is 0 Å². The van der Waals surface area contributed by atoms with Gasteiger partial charge in [-0.05, 0) is 42.8 Å². The number of rotatable bonds is 4. The van der Waals surface area contributed by atoms with Gasteiger partial charge in [-0.25, -0.2) is 0 Å². The zero-order valence-electron chi connectivity index (χ0n) is 11.3. The molecule has 0 radical (unpaired) electrons. The molecule has 0 aliphatic rings. The van der Waals surface area contributed by atoms with Crippen LogP contribution in [0.25, 0.3) is 6.08 Å². The summed E-state index contributed by atoms with van der Waals surface area (Å²) in [4.78, 5) is 23.2. The van der Waals surface area contributed by atoms with E-state index in [2.05, 4.69) is 5.32 Å². The van der Waals surface area contributed by atoms with E-state index in [0.29, 0.717) is 17.1 Å². The number of aryl methyl sites for hydroxylation is 1. The minimum Gasteiger partial charge on any atom is -0.458 e. The standard InChI is InChI=1S/C16H15NO3/c1-11-3-10-15(20-11)14(18)9-6-12-4-7-13(8-5-12)16(19)17-2/h3-10H,1-2H3,(H,17,19)/b9-6+. The van der Waals surface area contributed by atoms with E-state index in [9.17, 15) is 9.59 Å². The lowest BCUT2D eigenvalue weighted by molar-refractivity contribution is 0.0962. The molecule has 2 rings (SSSR count). The van der Waals surface area contributed by atoms with Crippen molar-refractivity contribution >= 4 is 17.8 Å². The lowest BCUT2D eigenvalue weighted by Gasteiger charge is -1.99. The summed E-state index contributed by atoms with van der Waals surface area (Å²) in [6.07, 6.45) is 3.14. The summed E-state index contributed by atoms with van der Waals surface area (Å²) < 4.78 is 5.25. The van der Waals surface area contributed by atoms with E-state index in [1.807, 2.05) is 0 Å². The molecule has 0 aliphatic heterocycles. The molecule has 4 nitrogen and oxygen atoms in total. The Kier molecular flexibility index (Phi) is 4.15. The second-order valence-corrected chi connectivity index (χ2v) is 4.31. The SMILES string of the molecule is CNC(=O)c1ccc(/C=C/C(=O)c2ccc(C)o2)cc1. The molecule has 1 amide bonds. The van der Waals surface area contributed by atoms with E-state index in [-0.39, 0.29) is 11.7 Å². The fraction of sp³-hybridized carbons (Fsp3) is 0.125. The molecule has 2 aromatic rings. The maximum Gasteiger partial charge on any atom is 0.251 e. The molecule has 0 fully saturated rings. The number of carbonyl (C=O) groups is 2. The van der Waals surface area contributed by atoms with Crippen LogP contribution in [0.3, 0.4) is 0 Å². The molecule has 1 heterocycles. The fourth-order valence-electron chi connectivity index (χ4n) is 1.71. The highest BCUT2D eigenvalue weighted by Gasteiger charge is 2.06. The average Bonchev–Trinajstić information content (AvgIpc) is 2.91. The Morgan fingerprint density at radius 1 is 1.10 bits per heavy atom. The van der Waals surface area contributed by atoms with Crippen molar-refractivity contribution in [3.63, 3.8) is 0 Å². The van der Waals surface area contributed by atoms with Gasteiger partial charge in [0.05, 0.1) is 0 Å². The number of nitrogens with one attached hydrogen (secondary N) is 1. The van der Waals surface area contributed by atoms with Gasteiger partial charge >= 0.3 is 0 Å². The van der Waals surface area contributed by atoms with E-state index in [4.69, 9.17) is 4.42 Å². The van der Waals surface area contributed by atoms with Crippen LogP contribution in [0.5, 0.6) is 0 Å². The molecule has 0 saturated heterocycles. The molecule has 0 atom stereocenters. The smallest absolute Gasteiger partial charge is 0.251 e. The molecule has 1 N–H and O–H groups in total. The average molecular weight is 269 g/mol. The molecular formula is C16H15NO3. The van der Waals surface area contributed by atoms with E-state index < -0.39 is 0 Å². The maximum absolute atomic E-state index is 11.8. The molecule has 0 spiro atoms. The predicted molar refractivity (Wildman–Crippen MR) is 76.6 cm³/mol. The quantitative estimate of drug-likeness (QED) is 0.686. The fourth-order valence-corrected chi connectivity index (χ4v) is 1.71. The highest BCUT2D eigenvalue weighted by atomic mass is 16.3. The second-order valence-electron chi connectivity index (χ2n) is 4.31. The van der Waals surface area contributed by atoms with Crippen LogP contribution in [-0.2, 0) is 0 Å². The number of benzene rings is 1. The summed E-state index contributed by atoms with van der Waals surface area (Å²) in [5.41, 5.74) is 1.42. The lowest BCUT2D eigenvalue weighted by atomic mass is 10.1. The summed E-state index contributed by atoms with van der Waals surface area (Å²) >= 11 is 0. The first kappa shape index (κ1) is 13.8. The monoisotopic (exact) mass is 269 g/mol. The highest BCUT2D eigenvalue weighted by Crippen LogP contribution is 2.10. The van der Waals surface area contributed by atoms with Crippen LogP contribution in [-0.4, -0.2) is 18.7 Å². The number of allylic oxidation sites excluding steroid dienone is 1. The lowest BCUT2D eigenvalue weighted by Crippen LogP contribution is -2.17. The predicted octanol–water partition coefficient (Wildman–Crippen LogP) is 2.84. The minimum absolute atomic E-state index is 0.136. The molecule has 0 unspecified atom stereocenters. The van der Waals surface area contributed by atoms with E-state index >= 15 is 0 Å². The maximum atomic E-state index is 11.8. The molecule has 4 heteroatoms. The topological polar surface area (TPSA) is 59.3 Å². The number of furan rings is 1. The van der Waals surface area contributed by atoms with Crippen molar-refractivity contribution in [1.29, 1.82) is 0 Å². The van der Waals surface area contributed by atoms with Crippen molar-refractivity contribution in [2.75, 3.05) is 7.05 Å². The van der Waals surface area contributed by atoms with Gasteiger partial charge < -0.3 is 9.73 Å². The third-order valence-corrected chi connectivity index (χ3v) is 2.81. The summed E-state index contributed by atoms with van der Waals surface area (Å²) in [5.74, 6) is 0.702. The Balaban J connectivity index is 2.08. The van der Waals surface area contributed by atoms with Crippen molar-refractivity contribution < 1.29 is 14.0 Å². The van der Waals surface area contributed by atoms with Crippen LogP contribution in [0.15, 0.2) is 46.9 Å².